The third-order valence-electron chi connectivity index (χ3n) is 4.12. The van der Waals surface area contributed by atoms with Gasteiger partial charge in [-0.3, -0.25) is 9.59 Å². The summed E-state index contributed by atoms with van der Waals surface area (Å²) in [6, 6.07) is 4.03. The van der Waals surface area contributed by atoms with Crippen molar-refractivity contribution in [3.63, 3.8) is 0 Å². The van der Waals surface area contributed by atoms with Gasteiger partial charge in [0.25, 0.3) is 0 Å². The molecule has 20 heavy (non-hydrogen) atoms. The molecule has 1 fully saturated rings. The number of hydrogen-bond donors (Lipinski definition) is 1. The Morgan fingerprint density at radius 1 is 1.35 bits per heavy atom. The number of carboxylic acids is 1. The normalized spacial score (nSPS) is 17.6. The summed E-state index contributed by atoms with van der Waals surface area (Å²) in [6.07, 6.45) is 5.07. The van der Waals surface area contributed by atoms with E-state index in [-0.39, 0.29) is 18.9 Å². The van der Waals surface area contributed by atoms with Gasteiger partial charge in [-0.05, 0) is 24.3 Å². The summed E-state index contributed by atoms with van der Waals surface area (Å²) in [4.78, 5) is 26.3. The van der Waals surface area contributed by atoms with Crippen LogP contribution in [0, 0.1) is 0 Å². The third-order valence-corrected chi connectivity index (χ3v) is 5.19. The molecular formula is C15H21NO3S. The molecule has 0 saturated heterocycles. The summed E-state index contributed by atoms with van der Waals surface area (Å²) in [7, 11) is 1.72. The molecule has 0 aromatic carbocycles. The topological polar surface area (TPSA) is 57.6 Å². The van der Waals surface area contributed by atoms with Crippen molar-refractivity contribution < 1.29 is 14.7 Å². The lowest BCUT2D eigenvalue weighted by atomic mass is 9.72. The van der Waals surface area contributed by atoms with Gasteiger partial charge in [-0.25, -0.2) is 0 Å². The predicted molar refractivity (Wildman–Crippen MR) is 79.0 cm³/mol. The average Bonchev–Trinajstić information content (AvgIpc) is 2.99. The van der Waals surface area contributed by atoms with Crippen LogP contribution in [0.25, 0.3) is 0 Å². The number of amides is 1. The molecule has 1 aliphatic carbocycles. The van der Waals surface area contributed by atoms with Crippen molar-refractivity contribution in [3.8, 4) is 0 Å². The Balaban J connectivity index is 2.18. The van der Waals surface area contributed by atoms with Gasteiger partial charge < -0.3 is 10.0 Å². The highest BCUT2D eigenvalue weighted by atomic mass is 32.1. The molecule has 110 valence electrons. The molecule has 0 bridgehead atoms. The number of thiophene rings is 1. The van der Waals surface area contributed by atoms with Crippen LogP contribution in [0.2, 0.25) is 0 Å². The second-order valence-electron chi connectivity index (χ2n) is 5.49. The second kappa shape index (κ2) is 6.39. The Labute approximate surface area is 123 Å². The fourth-order valence-electron chi connectivity index (χ4n) is 3.00. The van der Waals surface area contributed by atoms with Gasteiger partial charge >= 0.3 is 5.97 Å². The summed E-state index contributed by atoms with van der Waals surface area (Å²) >= 11 is 1.63. The summed E-state index contributed by atoms with van der Waals surface area (Å²) < 4.78 is 0. The first kappa shape index (κ1) is 15.0. The smallest absolute Gasteiger partial charge is 0.305 e. The predicted octanol–water partition coefficient (Wildman–Crippen LogP) is 2.88. The molecular weight excluding hydrogens is 274 g/mol. The van der Waals surface area contributed by atoms with Gasteiger partial charge in [0.05, 0.1) is 11.8 Å². The van der Waals surface area contributed by atoms with Crippen LogP contribution in [-0.4, -0.2) is 35.5 Å². The molecule has 0 unspecified atom stereocenters. The van der Waals surface area contributed by atoms with E-state index in [0.717, 1.165) is 30.6 Å². The number of aliphatic carboxylic acids is 1. The standard InChI is InChI=1S/C15H21NO3S/c1-16(10-7-13(17)18)14(19)15(8-3-2-4-9-15)12-6-5-11-20-12/h5-6,11H,2-4,7-10H2,1H3,(H,17,18). The van der Waals surface area contributed by atoms with E-state index in [9.17, 15) is 9.59 Å². The van der Waals surface area contributed by atoms with E-state index >= 15 is 0 Å². The first-order valence-corrected chi connectivity index (χ1v) is 7.95. The molecule has 0 spiro atoms. The highest BCUT2D eigenvalue weighted by molar-refractivity contribution is 7.10. The van der Waals surface area contributed by atoms with Crippen LogP contribution in [-0.2, 0) is 15.0 Å². The molecule has 1 aromatic heterocycles. The van der Waals surface area contributed by atoms with Crippen LogP contribution in [0.5, 0.6) is 0 Å². The van der Waals surface area contributed by atoms with Gasteiger partial charge in [-0.2, -0.15) is 0 Å². The Hall–Kier alpha value is -1.36. The molecule has 1 saturated carbocycles. The summed E-state index contributed by atoms with van der Waals surface area (Å²) in [5.74, 6) is -0.778. The van der Waals surface area contributed by atoms with E-state index in [1.807, 2.05) is 17.5 Å². The summed E-state index contributed by atoms with van der Waals surface area (Å²) in [6.45, 7) is 0.279. The molecule has 1 N–H and O–H groups in total. The molecule has 2 rings (SSSR count). The number of carboxylic acid groups (broad SMARTS) is 1. The number of likely N-dealkylation sites (N-methyl/N-ethyl adjacent to an activating group) is 1. The fraction of sp³-hybridized carbons (Fsp3) is 0.600. The monoisotopic (exact) mass is 295 g/mol. The van der Waals surface area contributed by atoms with Crippen molar-refractivity contribution in [1.82, 2.24) is 4.90 Å². The molecule has 5 heteroatoms. The second-order valence-corrected chi connectivity index (χ2v) is 6.44. The van der Waals surface area contributed by atoms with Crippen LogP contribution in [0.3, 0.4) is 0 Å². The zero-order valence-corrected chi connectivity index (χ0v) is 12.6. The van der Waals surface area contributed by atoms with E-state index in [4.69, 9.17) is 5.11 Å². The summed E-state index contributed by atoms with van der Waals surface area (Å²) in [5, 5.41) is 10.8. The Morgan fingerprint density at radius 2 is 2.05 bits per heavy atom. The molecule has 0 radical (unpaired) electrons. The highest BCUT2D eigenvalue weighted by Gasteiger charge is 2.43. The van der Waals surface area contributed by atoms with Gasteiger partial charge in [0.15, 0.2) is 0 Å². The maximum absolute atomic E-state index is 12.9. The van der Waals surface area contributed by atoms with Crippen LogP contribution >= 0.6 is 11.3 Å². The Kier molecular flexibility index (Phi) is 4.81. The SMILES string of the molecule is CN(CCC(=O)O)C(=O)C1(c2cccs2)CCCCC1. The maximum Gasteiger partial charge on any atom is 0.305 e. The van der Waals surface area contributed by atoms with E-state index in [1.165, 1.54) is 6.42 Å². The quantitative estimate of drug-likeness (QED) is 0.908. The molecule has 1 amide bonds. The molecule has 0 aliphatic heterocycles. The maximum atomic E-state index is 12.9. The largest absolute Gasteiger partial charge is 0.481 e. The number of rotatable bonds is 5. The average molecular weight is 295 g/mol. The van der Waals surface area contributed by atoms with Crippen molar-refractivity contribution in [2.75, 3.05) is 13.6 Å². The van der Waals surface area contributed by atoms with Crippen LogP contribution in [0.4, 0.5) is 0 Å². The molecule has 0 atom stereocenters. The Bertz CT molecular complexity index is 463. The van der Waals surface area contributed by atoms with Gasteiger partial charge in [-0.1, -0.05) is 25.3 Å². The van der Waals surface area contributed by atoms with Gasteiger partial charge in [0.2, 0.25) is 5.91 Å². The highest BCUT2D eigenvalue weighted by Crippen LogP contribution is 2.42. The van der Waals surface area contributed by atoms with Crippen LogP contribution in [0.15, 0.2) is 17.5 Å². The minimum atomic E-state index is -0.863. The van der Waals surface area contributed by atoms with Crippen LogP contribution in [0.1, 0.15) is 43.4 Å². The molecule has 1 heterocycles. The number of nitrogens with zero attached hydrogens (tertiary/aromatic N) is 1. The Morgan fingerprint density at radius 3 is 2.60 bits per heavy atom. The number of hydrogen-bond acceptors (Lipinski definition) is 3. The van der Waals surface area contributed by atoms with Gasteiger partial charge in [0, 0.05) is 18.5 Å². The number of carbonyl (C=O) groups excluding carboxylic acids is 1. The molecule has 1 aliphatic rings. The minimum absolute atomic E-state index is 0.00274. The molecule has 4 nitrogen and oxygen atoms in total. The van der Waals surface area contributed by atoms with Crippen molar-refractivity contribution in [1.29, 1.82) is 0 Å². The lowest BCUT2D eigenvalue weighted by molar-refractivity contribution is -0.140. The van der Waals surface area contributed by atoms with Crippen molar-refractivity contribution in [2.24, 2.45) is 0 Å². The van der Waals surface area contributed by atoms with Crippen molar-refractivity contribution in [2.45, 2.75) is 43.9 Å². The van der Waals surface area contributed by atoms with Crippen molar-refractivity contribution in [3.05, 3.63) is 22.4 Å². The van der Waals surface area contributed by atoms with Crippen LogP contribution < -0.4 is 0 Å². The third kappa shape index (κ3) is 3.03. The lowest BCUT2D eigenvalue weighted by Gasteiger charge is -2.38. The van der Waals surface area contributed by atoms with Crippen molar-refractivity contribution >= 4 is 23.2 Å². The van der Waals surface area contributed by atoms with E-state index in [0.29, 0.717) is 0 Å². The van der Waals surface area contributed by atoms with Gasteiger partial charge in [-0.15, -0.1) is 11.3 Å². The fourth-order valence-corrected chi connectivity index (χ4v) is 3.98. The number of carbonyl (C=O) groups is 2. The first-order chi connectivity index (χ1) is 9.56. The minimum Gasteiger partial charge on any atom is -0.481 e. The zero-order valence-electron chi connectivity index (χ0n) is 11.8. The first-order valence-electron chi connectivity index (χ1n) is 7.07. The zero-order chi connectivity index (χ0) is 14.6. The van der Waals surface area contributed by atoms with Gasteiger partial charge in [0.1, 0.15) is 0 Å². The van der Waals surface area contributed by atoms with E-state index in [2.05, 4.69) is 0 Å². The van der Waals surface area contributed by atoms with E-state index in [1.54, 1.807) is 23.3 Å². The summed E-state index contributed by atoms with van der Waals surface area (Å²) in [5.41, 5.74) is -0.417. The van der Waals surface area contributed by atoms with E-state index < -0.39 is 11.4 Å². The lowest BCUT2D eigenvalue weighted by Crippen LogP contribution is -2.46. The molecule has 1 aromatic rings.